The molecule has 0 aromatic carbocycles. The Labute approximate surface area is 117 Å². The first-order valence-electron chi connectivity index (χ1n) is 6.54. The number of amides is 5. The molecule has 0 spiro atoms. The molecule has 1 rings (SSSR count). The lowest BCUT2D eigenvalue weighted by molar-refractivity contribution is -0.143. The van der Waals surface area contributed by atoms with Crippen molar-refractivity contribution in [1.82, 2.24) is 20.0 Å². The summed E-state index contributed by atoms with van der Waals surface area (Å²) in [5.41, 5.74) is 0. The van der Waals surface area contributed by atoms with Gasteiger partial charge in [-0.3, -0.25) is 24.2 Å². The molecule has 1 N–H and O–H groups in total. The molecule has 1 fully saturated rings. The van der Waals surface area contributed by atoms with Crippen LogP contribution in [-0.4, -0.2) is 71.8 Å². The molecule has 0 aromatic rings. The smallest absolute Gasteiger partial charge is 0.335 e. The van der Waals surface area contributed by atoms with Crippen LogP contribution < -0.4 is 5.32 Å². The van der Waals surface area contributed by atoms with Gasteiger partial charge in [-0.1, -0.05) is 6.92 Å². The van der Waals surface area contributed by atoms with Crippen molar-refractivity contribution in [2.45, 2.75) is 20.3 Å². The predicted molar refractivity (Wildman–Crippen MR) is 70.4 cm³/mol. The quantitative estimate of drug-likeness (QED) is 0.489. The summed E-state index contributed by atoms with van der Waals surface area (Å²) in [5.74, 6) is -1.86. The Balaban J connectivity index is 2.55. The maximum atomic E-state index is 11.8. The standard InChI is InChI=1S/C12H20N4O4/c1-4-6-13-9(17)7-14(3)8-16-11(19)10(18)15(5-2)12(16)20/h4-8H2,1-3H3,(H,13,17). The van der Waals surface area contributed by atoms with Gasteiger partial charge in [-0.25, -0.2) is 9.69 Å². The molecule has 8 heteroatoms. The fourth-order valence-corrected chi connectivity index (χ4v) is 1.81. The van der Waals surface area contributed by atoms with E-state index in [2.05, 4.69) is 5.32 Å². The van der Waals surface area contributed by atoms with E-state index in [1.54, 1.807) is 14.0 Å². The van der Waals surface area contributed by atoms with Crippen molar-refractivity contribution in [2.24, 2.45) is 0 Å². The zero-order valence-electron chi connectivity index (χ0n) is 12.0. The normalized spacial score (nSPS) is 15.5. The number of carbonyl (C=O) groups is 4. The maximum Gasteiger partial charge on any atom is 0.335 e. The van der Waals surface area contributed by atoms with Crippen LogP contribution in [0.5, 0.6) is 0 Å². The largest absolute Gasteiger partial charge is 0.355 e. The van der Waals surface area contributed by atoms with Crippen molar-refractivity contribution < 1.29 is 19.2 Å². The van der Waals surface area contributed by atoms with Gasteiger partial charge in [0.25, 0.3) is 0 Å². The summed E-state index contributed by atoms with van der Waals surface area (Å²) in [5, 5.41) is 2.69. The molecule has 20 heavy (non-hydrogen) atoms. The van der Waals surface area contributed by atoms with Crippen molar-refractivity contribution in [3.8, 4) is 0 Å². The summed E-state index contributed by atoms with van der Waals surface area (Å²) >= 11 is 0. The molecule has 1 aliphatic rings. The van der Waals surface area contributed by atoms with Crippen LogP contribution in [0.1, 0.15) is 20.3 Å². The lowest BCUT2D eigenvalue weighted by atomic mass is 10.4. The van der Waals surface area contributed by atoms with Gasteiger partial charge < -0.3 is 5.32 Å². The summed E-state index contributed by atoms with van der Waals surface area (Å²) in [7, 11) is 1.60. The molecular formula is C12H20N4O4. The Hall–Kier alpha value is -1.96. The van der Waals surface area contributed by atoms with Crippen LogP contribution >= 0.6 is 0 Å². The van der Waals surface area contributed by atoms with E-state index in [9.17, 15) is 19.2 Å². The summed E-state index contributed by atoms with van der Waals surface area (Å²) in [6, 6.07) is -0.636. The average molecular weight is 284 g/mol. The van der Waals surface area contributed by atoms with E-state index in [1.807, 2.05) is 6.92 Å². The number of hydrogen-bond acceptors (Lipinski definition) is 5. The van der Waals surface area contributed by atoms with Crippen molar-refractivity contribution in [3.05, 3.63) is 0 Å². The van der Waals surface area contributed by atoms with E-state index in [4.69, 9.17) is 0 Å². The van der Waals surface area contributed by atoms with Crippen LogP contribution in [0.3, 0.4) is 0 Å². The van der Waals surface area contributed by atoms with E-state index in [0.29, 0.717) is 6.54 Å². The molecule has 0 radical (unpaired) electrons. The van der Waals surface area contributed by atoms with Crippen LogP contribution in [0.25, 0.3) is 0 Å². The molecule has 0 aromatic heterocycles. The molecule has 8 nitrogen and oxygen atoms in total. The van der Waals surface area contributed by atoms with Gasteiger partial charge in [0, 0.05) is 13.1 Å². The summed E-state index contributed by atoms with van der Waals surface area (Å²) in [6.45, 7) is 4.26. The highest BCUT2D eigenvalue weighted by molar-refractivity contribution is 6.44. The number of carbonyl (C=O) groups excluding carboxylic acids is 4. The Kier molecular flexibility index (Phi) is 5.63. The lowest BCUT2D eigenvalue weighted by Crippen LogP contribution is -2.44. The van der Waals surface area contributed by atoms with Gasteiger partial charge in [-0.05, 0) is 20.4 Å². The van der Waals surface area contributed by atoms with Crippen molar-refractivity contribution in [3.63, 3.8) is 0 Å². The second-order valence-corrected chi connectivity index (χ2v) is 4.57. The third-order valence-electron chi connectivity index (χ3n) is 2.82. The highest BCUT2D eigenvalue weighted by atomic mass is 16.2. The minimum Gasteiger partial charge on any atom is -0.355 e. The molecule has 0 saturated carbocycles. The second-order valence-electron chi connectivity index (χ2n) is 4.57. The average Bonchev–Trinajstić information content (AvgIpc) is 2.60. The van der Waals surface area contributed by atoms with Gasteiger partial charge in [-0.2, -0.15) is 0 Å². The molecule has 5 amide bonds. The fraction of sp³-hybridized carbons (Fsp3) is 0.667. The Morgan fingerprint density at radius 3 is 2.25 bits per heavy atom. The monoisotopic (exact) mass is 284 g/mol. The Bertz CT molecular complexity index is 424. The number of rotatable bonds is 7. The van der Waals surface area contributed by atoms with E-state index in [0.717, 1.165) is 16.2 Å². The first-order chi connectivity index (χ1) is 9.42. The molecule has 0 unspecified atom stereocenters. The summed E-state index contributed by atoms with van der Waals surface area (Å²) < 4.78 is 0. The van der Waals surface area contributed by atoms with Gasteiger partial charge in [0.15, 0.2) is 0 Å². The molecule has 0 aliphatic carbocycles. The zero-order chi connectivity index (χ0) is 15.3. The van der Waals surface area contributed by atoms with Gasteiger partial charge in [-0.15, -0.1) is 0 Å². The molecule has 1 aliphatic heterocycles. The van der Waals surface area contributed by atoms with E-state index >= 15 is 0 Å². The number of nitrogens with one attached hydrogen (secondary N) is 1. The van der Waals surface area contributed by atoms with Crippen LogP contribution in [0, 0.1) is 0 Å². The highest BCUT2D eigenvalue weighted by Crippen LogP contribution is 2.11. The number of likely N-dealkylation sites (N-methyl/N-ethyl adjacent to an activating group) is 2. The molecule has 1 saturated heterocycles. The third-order valence-corrected chi connectivity index (χ3v) is 2.82. The van der Waals surface area contributed by atoms with Gasteiger partial charge in [0.05, 0.1) is 13.2 Å². The molecule has 0 bridgehead atoms. The minimum absolute atomic E-state index is 0.0530. The van der Waals surface area contributed by atoms with Crippen LogP contribution in [0.4, 0.5) is 4.79 Å². The summed E-state index contributed by atoms with van der Waals surface area (Å²) in [4.78, 5) is 49.8. The van der Waals surface area contributed by atoms with Gasteiger partial charge in [0.1, 0.15) is 0 Å². The SMILES string of the molecule is CCCNC(=O)CN(C)CN1C(=O)C(=O)N(CC)C1=O. The highest BCUT2D eigenvalue weighted by Gasteiger charge is 2.43. The first-order valence-corrected chi connectivity index (χ1v) is 6.54. The maximum absolute atomic E-state index is 11.8. The van der Waals surface area contributed by atoms with Gasteiger partial charge >= 0.3 is 17.8 Å². The van der Waals surface area contributed by atoms with E-state index in [1.165, 1.54) is 4.90 Å². The topological polar surface area (TPSA) is 90.0 Å². The fourth-order valence-electron chi connectivity index (χ4n) is 1.81. The first kappa shape index (κ1) is 16.1. The zero-order valence-corrected chi connectivity index (χ0v) is 12.0. The van der Waals surface area contributed by atoms with Gasteiger partial charge in [0.2, 0.25) is 5.91 Å². The predicted octanol–water partition coefficient (Wildman–Crippen LogP) is -0.787. The second kappa shape index (κ2) is 6.99. The van der Waals surface area contributed by atoms with Crippen LogP contribution in [0.15, 0.2) is 0 Å². The number of hydrogen-bond donors (Lipinski definition) is 1. The number of nitrogens with zero attached hydrogens (tertiary/aromatic N) is 3. The third kappa shape index (κ3) is 3.53. The number of urea groups is 1. The lowest BCUT2D eigenvalue weighted by Gasteiger charge is -2.21. The minimum atomic E-state index is -0.849. The molecule has 1 heterocycles. The Morgan fingerprint density at radius 1 is 1.15 bits per heavy atom. The molecule has 0 atom stereocenters. The molecule has 112 valence electrons. The number of imide groups is 2. The van der Waals surface area contributed by atoms with Crippen LogP contribution in [-0.2, 0) is 14.4 Å². The van der Waals surface area contributed by atoms with Crippen molar-refractivity contribution in [2.75, 3.05) is 33.4 Å². The van der Waals surface area contributed by atoms with E-state index < -0.39 is 17.8 Å². The van der Waals surface area contributed by atoms with Crippen molar-refractivity contribution in [1.29, 1.82) is 0 Å². The summed E-state index contributed by atoms with van der Waals surface area (Å²) in [6.07, 6.45) is 0.832. The van der Waals surface area contributed by atoms with E-state index in [-0.39, 0.29) is 25.7 Å². The molecular weight excluding hydrogens is 264 g/mol. The van der Waals surface area contributed by atoms with Crippen LogP contribution in [0.2, 0.25) is 0 Å². The van der Waals surface area contributed by atoms with Crippen molar-refractivity contribution >= 4 is 23.8 Å². The Morgan fingerprint density at radius 2 is 1.75 bits per heavy atom.